The Bertz CT molecular complexity index is 811. The van der Waals surface area contributed by atoms with E-state index in [1.165, 1.54) is 4.68 Å². The van der Waals surface area contributed by atoms with Gasteiger partial charge in [0.2, 0.25) is 5.91 Å². The van der Waals surface area contributed by atoms with Gasteiger partial charge in [-0.3, -0.25) is 14.3 Å². The van der Waals surface area contributed by atoms with E-state index in [1.54, 1.807) is 13.8 Å². The third-order valence-corrected chi connectivity index (χ3v) is 3.64. The number of carbonyl (C=O) groups excluding carboxylic acids is 1. The van der Waals surface area contributed by atoms with Crippen molar-refractivity contribution < 1.29 is 18.0 Å². The third kappa shape index (κ3) is 3.73. The molecule has 2 aromatic rings. The smallest absolute Gasteiger partial charge is 0.327 e. The number of anilines is 1. The maximum atomic E-state index is 12.6. The number of aromatic amines is 1. The summed E-state index contributed by atoms with van der Waals surface area (Å²) in [7, 11) is 0. The largest absolute Gasteiger partial charge is 0.417 e. The molecule has 2 N–H and O–H groups in total. The molecule has 0 spiro atoms. The van der Waals surface area contributed by atoms with Crippen LogP contribution in [-0.2, 0) is 17.5 Å². The molecule has 10 heteroatoms. The Morgan fingerprint density at radius 2 is 2.09 bits per heavy atom. The number of carbonyl (C=O) groups is 1. The van der Waals surface area contributed by atoms with Crippen molar-refractivity contribution in [2.45, 2.75) is 26.6 Å². The summed E-state index contributed by atoms with van der Waals surface area (Å²) in [6.45, 7) is 3.02. The van der Waals surface area contributed by atoms with Crippen molar-refractivity contribution >= 4 is 23.2 Å². The summed E-state index contributed by atoms with van der Waals surface area (Å²) in [5.74, 6) is -0.697. The summed E-state index contributed by atoms with van der Waals surface area (Å²) in [5, 5.41) is 6.57. The SMILES string of the molecule is Cc1nn(CC(=O)Nc2cc(C(F)(F)F)c[nH]c2=O)c(C)c1Cl. The Labute approximate surface area is 133 Å². The molecule has 23 heavy (non-hydrogen) atoms. The first kappa shape index (κ1) is 17.1. The third-order valence-electron chi connectivity index (χ3n) is 3.09. The second-order valence-electron chi connectivity index (χ2n) is 4.82. The summed E-state index contributed by atoms with van der Waals surface area (Å²) in [4.78, 5) is 25.4. The van der Waals surface area contributed by atoms with E-state index in [0.717, 1.165) is 0 Å². The van der Waals surface area contributed by atoms with Gasteiger partial charge < -0.3 is 10.3 Å². The van der Waals surface area contributed by atoms with Gasteiger partial charge >= 0.3 is 6.18 Å². The number of rotatable bonds is 3. The first-order valence-corrected chi connectivity index (χ1v) is 6.76. The number of nitrogens with one attached hydrogen (secondary N) is 2. The van der Waals surface area contributed by atoms with Crippen molar-refractivity contribution in [3.8, 4) is 0 Å². The van der Waals surface area contributed by atoms with Crippen LogP contribution in [0.1, 0.15) is 17.0 Å². The van der Waals surface area contributed by atoms with Crippen molar-refractivity contribution in [1.82, 2.24) is 14.8 Å². The van der Waals surface area contributed by atoms with Crippen LogP contribution in [0.25, 0.3) is 0 Å². The number of alkyl halides is 3. The van der Waals surface area contributed by atoms with E-state index in [2.05, 4.69) is 10.4 Å². The van der Waals surface area contributed by atoms with Crippen LogP contribution < -0.4 is 10.9 Å². The summed E-state index contributed by atoms with van der Waals surface area (Å²) in [6, 6.07) is 0.574. The average Bonchev–Trinajstić information content (AvgIpc) is 2.67. The van der Waals surface area contributed by atoms with Crippen LogP contribution in [0.4, 0.5) is 18.9 Å². The van der Waals surface area contributed by atoms with Crippen molar-refractivity contribution in [3.05, 3.63) is 44.6 Å². The zero-order valence-electron chi connectivity index (χ0n) is 12.1. The van der Waals surface area contributed by atoms with E-state index < -0.39 is 28.9 Å². The summed E-state index contributed by atoms with van der Waals surface area (Å²) < 4.78 is 39.2. The van der Waals surface area contributed by atoms with Crippen LogP contribution >= 0.6 is 11.6 Å². The van der Waals surface area contributed by atoms with Crippen LogP contribution in [0, 0.1) is 13.8 Å². The van der Waals surface area contributed by atoms with Crippen LogP contribution in [-0.4, -0.2) is 20.7 Å². The number of aryl methyl sites for hydroxylation is 1. The highest BCUT2D eigenvalue weighted by molar-refractivity contribution is 6.31. The predicted molar refractivity (Wildman–Crippen MR) is 77.4 cm³/mol. The van der Waals surface area contributed by atoms with Gasteiger partial charge in [0.25, 0.3) is 5.56 Å². The van der Waals surface area contributed by atoms with Gasteiger partial charge in [-0.05, 0) is 19.9 Å². The topological polar surface area (TPSA) is 79.8 Å². The fraction of sp³-hybridized carbons (Fsp3) is 0.308. The molecule has 0 atom stereocenters. The zero-order chi connectivity index (χ0) is 17.4. The minimum atomic E-state index is -4.63. The normalized spacial score (nSPS) is 11.6. The van der Waals surface area contributed by atoms with Crippen molar-refractivity contribution in [2.75, 3.05) is 5.32 Å². The summed E-state index contributed by atoms with van der Waals surface area (Å²) in [5.41, 5.74) is -1.33. The summed E-state index contributed by atoms with van der Waals surface area (Å²) in [6.07, 6.45) is -4.09. The molecule has 0 aliphatic heterocycles. The van der Waals surface area contributed by atoms with E-state index in [1.807, 2.05) is 4.98 Å². The standard InChI is InChI=1S/C13H12ClF3N4O2/c1-6-11(14)7(2)21(20-6)5-10(22)19-9-3-8(13(15,16)17)4-18-12(9)23/h3-4H,5H2,1-2H3,(H,18,23)(H,19,22). The number of nitrogens with zero attached hydrogens (tertiary/aromatic N) is 2. The van der Waals surface area contributed by atoms with Crippen molar-refractivity contribution in [2.24, 2.45) is 0 Å². The van der Waals surface area contributed by atoms with Gasteiger partial charge in [-0.15, -0.1) is 0 Å². The number of hydrogen-bond donors (Lipinski definition) is 2. The Kier molecular flexibility index (Phi) is 4.51. The highest BCUT2D eigenvalue weighted by Crippen LogP contribution is 2.29. The number of pyridine rings is 1. The molecule has 0 bridgehead atoms. The molecule has 124 valence electrons. The lowest BCUT2D eigenvalue weighted by molar-refractivity contribution is -0.137. The molecule has 0 radical (unpaired) electrons. The molecular weight excluding hydrogens is 337 g/mol. The molecule has 0 saturated carbocycles. The lowest BCUT2D eigenvalue weighted by Gasteiger charge is -2.09. The number of aromatic nitrogens is 3. The first-order valence-electron chi connectivity index (χ1n) is 6.39. The van der Waals surface area contributed by atoms with Gasteiger partial charge in [0.1, 0.15) is 12.2 Å². The van der Waals surface area contributed by atoms with Crippen LogP contribution in [0.15, 0.2) is 17.1 Å². The second-order valence-corrected chi connectivity index (χ2v) is 5.20. The van der Waals surface area contributed by atoms with Crippen LogP contribution in [0.3, 0.4) is 0 Å². The average molecular weight is 349 g/mol. The Morgan fingerprint density at radius 1 is 1.43 bits per heavy atom. The Morgan fingerprint density at radius 3 is 2.61 bits per heavy atom. The molecule has 0 unspecified atom stereocenters. The maximum absolute atomic E-state index is 12.6. The minimum absolute atomic E-state index is 0.283. The summed E-state index contributed by atoms with van der Waals surface area (Å²) >= 11 is 5.94. The van der Waals surface area contributed by atoms with Crippen LogP contribution in [0.2, 0.25) is 5.02 Å². The van der Waals surface area contributed by atoms with Gasteiger partial charge in [-0.2, -0.15) is 18.3 Å². The molecule has 1 amide bonds. The molecular formula is C13H12ClF3N4O2. The van der Waals surface area contributed by atoms with E-state index in [9.17, 15) is 22.8 Å². The second kappa shape index (κ2) is 6.07. The highest BCUT2D eigenvalue weighted by Gasteiger charge is 2.31. The maximum Gasteiger partial charge on any atom is 0.417 e. The molecule has 2 heterocycles. The molecule has 0 aliphatic carbocycles. The van der Waals surface area contributed by atoms with Gasteiger partial charge in [0, 0.05) is 6.20 Å². The number of hydrogen-bond acceptors (Lipinski definition) is 3. The van der Waals surface area contributed by atoms with Gasteiger partial charge in [-0.1, -0.05) is 11.6 Å². The van der Waals surface area contributed by atoms with Gasteiger partial charge in [-0.25, -0.2) is 0 Å². The number of H-pyrrole nitrogens is 1. The van der Waals surface area contributed by atoms with Gasteiger partial charge in [0.15, 0.2) is 0 Å². The Hall–Kier alpha value is -2.29. The predicted octanol–water partition coefficient (Wildman–Crippen LogP) is 2.50. The Balaban J connectivity index is 2.20. The van der Waals surface area contributed by atoms with Crippen molar-refractivity contribution in [1.29, 1.82) is 0 Å². The van der Waals surface area contributed by atoms with E-state index >= 15 is 0 Å². The zero-order valence-corrected chi connectivity index (χ0v) is 12.8. The highest BCUT2D eigenvalue weighted by atomic mass is 35.5. The van der Waals surface area contributed by atoms with Crippen molar-refractivity contribution in [3.63, 3.8) is 0 Å². The fourth-order valence-electron chi connectivity index (χ4n) is 1.90. The van der Waals surface area contributed by atoms with E-state index in [0.29, 0.717) is 28.7 Å². The minimum Gasteiger partial charge on any atom is -0.327 e. The molecule has 2 rings (SSSR count). The first-order chi connectivity index (χ1) is 10.6. The molecule has 2 aromatic heterocycles. The molecule has 0 fully saturated rings. The molecule has 0 aliphatic rings. The van der Waals surface area contributed by atoms with E-state index in [-0.39, 0.29) is 6.54 Å². The van der Waals surface area contributed by atoms with Crippen LogP contribution in [0.5, 0.6) is 0 Å². The lowest BCUT2D eigenvalue weighted by atomic mass is 10.2. The quantitative estimate of drug-likeness (QED) is 0.894. The number of halogens is 4. The fourth-order valence-corrected chi connectivity index (χ4v) is 2.03. The molecule has 0 saturated heterocycles. The monoisotopic (exact) mass is 348 g/mol. The van der Waals surface area contributed by atoms with E-state index in [4.69, 9.17) is 11.6 Å². The van der Waals surface area contributed by atoms with Gasteiger partial charge in [0.05, 0.1) is 22.0 Å². The molecule has 0 aromatic carbocycles. The number of amides is 1. The molecule has 6 nitrogen and oxygen atoms in total. The lowest BCUT2D eigenvalue weighted by Crippen LogP contribution is -2.25.